The number of alkyl halides is 3. The monoisotopic (exact) mass is 428 g/mol. The van der Waals surface area contributed by atoms with Crippen molar-refractivity contribution in [1.29, 1.82) is 0 Å². The molecule has 2 N–H and O–H groups in total. The molecule has 0 saturated carbocycles. The van der Waals surface area contributed by atoms with E-state index in [9.17, 15) is 13.2 Å². The van der Waals surface area contributed by atoms with Crippen LogP contribution in [-0.4, -0.2) is 80.0 Å². The largest absolute Gasteiger partial charge is 0.401 e. The number of hydrogen-bond acceptors (Lipinski definition) is 5. The molecule has 1 aromatic heterocycles. The molecule has 3 heterocycles. The maximum atomic E-state index is 12.6. The summed E-state index contributed by atoms with van der Waals surface area (Å²) in [5.41, 5.74) is 0.974. The van der Waals surface area contributed by atoms with Crippen LogP contribution in [0.15, 0.2) is 23.3 Å². The van der Waals surface area contributed by atoms with Gasteiger partial charge in [0.25, 0.3) is 0 Å². The van der Waals surface area contributed by atoms with E-state index in [2.05, 4.69) is 32.4 Å². The molecule has 168 valence electrons. The second kappa shape index (κ2) is 10.3. The maximum Gasteiger partial charge on any atom is 0.401 e. The van der Waals surface area contributed by atoms with E-state index in [1.165, 1.54) is 4.90 Å². The van der Waals surface area contributed by atoms with Crippen molar-refractivity contribution in [3.8, 4) is 0 Å². The van der Waals surface area contributed by atoms with E-state index < -0.39 is 12.7 Å². The number of guanidine groups is 1. The molecule has 0 amide bonds. The van der Waals surface area contributed by atoms with Crippen LogP contribution < -0.4 is 15.5 Å². The molecule has 30 heavy (non-hydrogen) atoms. The lowest BCUT2D eigenvalue weighted by Gasteiger charge is -2.32. The van der Waals surface area contributed by atoms with E-state index in [1.54, 1.807) is 0 Å². The van der Waals surface area contributed by atoms with Gasteiger partial charge in [0.1, 0.15) is 5.82 Å². The molecule has 3 rings (SSSR count). The van der Waals surface area contributed by atoms with Crippen LogP contribution >= 0.6 is 0 Å². The molecule has 10 heteroatoms. The average Bonchev–Trinajstić information content (AvgIpc) is 3.11. The Balaban J connectivity index is 1.53. The molecular formula is C20H31F3N6O. The Hall–Kier alpha value is -2.07. The fraction of sp³-hybridized carbons (Fsp3) is 0.700. The zero-order chi connectivity index (χ0) is 21.6. The molecule has 0 aromatic carbocycles. The fourth-order valence-corrected chi connectivity index (χ4v) is 3.76. The first-order valence-corrected chi connectivity index (χ1v) is 10.5. The Bertz CT molecular complexity index is 697. The molecule has 0 spiro atoms. The lowest BCUT2D eigenvalue weighted by molar-refractivity contribution is -0.143. The van der Waals surface area contributed by atoms with Crippen molar-refractivity contribution in [3.63, 3.8) is 0 Å². The van der Waals surface area contributed by atoms with Crippen LogP contribution in [0.3, 0.4) is 0 Å². The first kappa shape index (κ1) is 22.6. The van der Waals surface area contributed by atoms with Gasteiger partial charge in [0.2, 0.25) is 0 Å². The van der Waals surface area contributed by atoms with Gasteiger partial charge in [-0.2, -0.15) is 13.2 Å². The molecule has 7 nitrogen and oxygen atoms in total. The highest BCUT2D eigenvalue weighted by Gasteiger charge is 2.34. The Labute approximate surface area is 175 Å². The van der Waals surface area contributed by atoms with E-state index in [4.69, 9.17) is 4.74 Å². The maximum absolute atomic E-state index is 12.6. The summed E-state index contributed by atoms with van der Waals surface area (Å²) in [7, 11) is 0. The van der Waals surface area contributed by atoms with Crippen LogP contribution in [0.5, 0.6) is 0 Å². The molecule has 2 saturated heterocycles. The first-order chi connectivity index (χ1) is 14.3. The number of nitrogens with one attached hydrogen (secondary N) is 2. The standard InChI is InChI=1S/C20H31F3N6O/c1-3-24-19(27-17-6-7-28(13-17)14-20(21,22)23)26-11-16-4-5-18(25-10-16)29-8-9-30-15(2)12-29/h4-5,10,15,17H,3,6-9,11-14H2,1-2H3,(H2,24,26,27). The molecule has 2 atom stereocenters. The predicted octanol–water partition coefficient (Wildman–Crippen LogP) is 2.00. The van der Waals surface area contributed by atoms with Crippen LogP contribution in [0, 0.1) is 0 Å². The number of morpholine rings is 1. The van der Waals surface area contributed by atoms with Crippen molar-refractivity contribution in [2.24, 2.45) is 4.99 Å². The number of ether oxygens (including phenoxy) is 1. The number of halogens is 3. The van der Waals surface area contributed by atoms with E-state index in [-0.39, 0.29) is 12.1 Å². The minimum absolute atomic E-state index is 0.0473. The van der Waals surface area contributed by atoms with Crippen LogP contribution in [-0.2, 0) is 11.3 Å². The highest BCUT2D eigenvalue weighted by molar-refractivity contribution is 5.80. The number of anilines is 1. The second-order valence-electron chi connectivity index (χ2n) is 7.83. The topological polar surface area (TPSA) is 65.0 Å². The van der Waals surface area contributed by atoms with Gasteiger partial charge in [0, 0.05) is 45.0 Å². The van der Waals surface area contributed by atoms with Crippen LogP contribution in [0.25, 0.3) is 0 Å². The molecule has 1 aromatic rings. The van der Waals surface area contributed by atoms with Gasteiger partial charge in [-0.05, 0) is 31.9 Å². The summed E-state index contributed by atoms with van der Waals surface area (Å²) in [6.45, 7) is 7.42. The number of hydrogen-bond donors (Lipinski definition) is 2. The summed E-state index contributed by atoms with van der Waals surface area (Å²) >= 11 is 0. The van der Waals surface area contributed by atoms with Gasteiger partial charge in [0.15, 0.2) is 5.96 Å². The highest BCUT2D eigenvalue weighted by Crippen LogP contribution is 2.20. The van der Waals surface area contributed by atoms with Crippen LogP contribution in [0.4, 0.5) is 19.0 Å². The van der Waals surface area contributed by atoms with Crippen molar-refractivity contribution in [2.45, 2.75) is 45.1 Å². The number of likely N-dealkylation sites (tertiary alicyclic amines) is 1. The van der Waals surface area contributed by atoms with Gasteiger partial charge in [0.05, 0.1) is 25.8 Å². The van der Waals surface area contributed by atoms with Gasteiger partial charge in [-0.1, -0.05) is 6.07 Å². The summed E-state index contributed by atoms with van der Waals surface area (Å²) < 4.78 is 43.3. The third kappa shape index (κ3) is 7.02. The number of pyridine rings is 1. The van der Waals surface area contributed by atoms with Crippen molar-refractivity contribution in [1.82, 2.24) is 20.5 Å². The van der Waals surface area contributed by atoms with Gasteiger partial charge < -0.3 is 20.3 Å². The number of rotatable bonds is 6. The third-order valence-corrected chi connectivity index (χ3v) is 5.15. The minimum atomic E-state index is -4.16. The quantitative estimate of drug-likeness (QED) is 0.534. The third-order valence-electron chi connectivity index (χ3n) is 5.15. The van der Waals surface area contributed by atoms with Crippen molar-refractivity contribution in [2.75, 3.05) is 50.8 Å². The van der Waals surface area contributed by atoms with Crippen molar-refractivity contribution >= 4 is 11.8 Å². The molecule has 2 unspecified atom stereocenters. The lowest BCUT2D eigenvalue weighted by atomic mass is 10.2. The molecule has 2 aliphatic rings. The van der Waals surface area contributed by atoms with Crippen LogP contribution in [0.2, 0.25) is 0 Å². The molecule has 0 radical (unpaired) electrons. The minimum Gasteiger partial charge on any atom is -0.375 e. The smallest absolute Gasteiger partial charge is 0.375 e. The average molecular weight is 429 g/mol. The van der Waals surface area contributed by atoms with Crippen molar-refractivity contribution in [3.05, 3.63) is 23.9 Å². The molecular weight excluding hydrogens is 397 g/mol. The highest BCUT2D eigenvalue weighted by atomic mass is 19.4. The molecule has 2 aliphatic heterocycles. The summed E-state index contributed by atoms with van der Waals surface area (Å²) in [5, 5.41) is 6.42. The van der Waals surface area contributed by atoms with Gasteiger partial charge in [-0.25, -0.2) is 9.98 Å². The van der Waals surface area contributed by atoms with E-state index in [1.807, 2.05) is 25.3 Å². The first-order valence-electron chi connectivity index (χ1n) is 10.5. The van der Waals surface area contributed by atoms with Crippen LogP contribution in [0.1, 0.15) is 25.8 Å². The van der Waals surface area contributed by atoms with E-state index >= 15 is 0 Å². The summed E-state index contributed by atoms with van der Waals surface area (Å²) in [4.78, 5) is 12.8. The zero-order valence-electron chi connectivity index (χ0n) is 17.6. The lowest BCUT2D eigenvalue weighted by Crippen LogP contribution is -2.45. The molecule has 0 bridgehead atoms. The van der Waals surface area contributed by atoms with Gasteiger partial charge in [-0.3, -0.25) is 4.90 Å². The Morgan fingerprint density at radius 3 is 2.80 bits per heavy atom. The Kier molecular flexibility index (Phi) is 7.76. The Morgan fingerprint density at radius 1 is 1.30 bits per heavy atom. The predicted molar refractivity (Wildman–Crippen MR) is 111 cm³/mol. The number of nitrogens with zero attached hydrogens (tertiary/aromatic N) is 4. The number of aromatic nitrogens is 1. The summed E-state index contributed by atoms with van der Waals surface area (Å²) in [6.07, 6.45) is -1.48. The van der Waals surface area contributed by atoms with Crippen molar-refractivity contribution < 1.29 is 17.9 Å². The fourth-order valence-electron chi connectivity index (χ4n) is 3.76. The summed E-state index contributed by atoms with van der Waals surface area (Å²) in [6, 6.07) is 3.96. The Morgan fingerprint density at radius 2 is 2.13 bits per heavy atom. The second-order valence-corrected chi connectivity index (χ2v) is 7.83. The zero-order valence-corrected chi connectivity index (χ0v) is 17.6. The van der Waals surface area contributed by atoms with E-state index in [0.717, 1.165) is 24.5 Å². The van der Waals surface area contributed by atoms with Gasteiger partial charge >= 0.3 is 6.18 Å². The number of aliphatic imine (C=N–C) groups is 1. The molecule has 0 aliphatic carbocycles. The molecule has 2 fully saturated rings. The SMILES string of the molecule is CCNC(=NCc1ccc(N2CCOC(C)C2)nc1)NC1CCN(CC(F)(F)F)C1. The van der Waals surface area contributed by atoms with E-state index in [0.29, 0.717) is 45.2 Å². The normalized spacial score (nSPS) is 23.6. The van der Waals surface area contributed by atoms with Gasteiger partial charge in [-0.15, -0.1) is 0 Å². The summed E-state index contributed by atoms with van der Waals surface area (Å²) in [5.74, 6) is 1.54.